The van der Waals surface area contributed by atoms with Crippen molar-refractivity contribution in [3.63, 3.8) is 0 Å². The van der Waals surface area contributed by atoms with Gasteiger partial charge in [-0.25, -0.2) is 9.97 Å². The molecule has 1 aliphatic rings. The van der Waals surface area contributed by atoms with Crippen molar-refractivity contribution in [1.82, 2.24) is 15.3 Å². The van der Waals surface area contributed by atoms with E-state index in [0.717, 1.165) is 30.8 Å². The molecule has 5 heteroatoms. The van der Waals surface area contributed by atoms with Crippen LogP contribution in [0.3, 0.4) is 0 Å². The lowest BCUT2D eigenvalue weighted by molar-refractivity contribution is 0.624. The number of hydrogen-bond donors (Lipinski definition) is 2. The monoisotopic (exact) mass is 274 g/mol. The van der Waals surface area contributed by atoms with Crippen molar-refractivity contribution in [3.05, 3.63) is 52.3 Å². The molecule has 2 N–H and O–H groups in total. The minimum absolute atomic E-state index is 0.571. The van der Waals surface area contributed by atoms with E-state index in [4.69, 9.17) is 11.6 Å². The Bertz CT molecular complexity index is 571. The number of fused-ring (bicyclic) bond motifs is 1. The van der Waals surface area contributed by atoms with E-state index in [1.165, 1.54) is 5.56 Å². The van der Waals surface area contributed by atoms with Crippen molar-refractivity contribution in [2.45, 2.75) is 19.5 Å². The second-order valence-corrected chi connectivity index (χ2v) is 4.89. The molecule has 0 fully saturated rings. The van der Waals surface area contributed by atoms with E-state index >= 15 is 0 Å². The number of nitrogens with one attached hydrogen (secondary N) is 2. The zero-order valence-electron chi connectivity index (χ0n) is 10.5. The summed E-state index contributed by atoms with van der Waals surface area (Å²) < 4.78 is 0. The lowest BCUT2D eigenvalue weighted by atomic mass is 10.1. The van der Waals surface area contributed by atoms with Crippen molar-refractivity contribution in [3.8, 4) is 0 Å². The summed E-state index contributed by atoms with van der Waals surface area (Å²) in [6.45, 7) is 2.40. The van der Waals surface area contributed by atoms with Gasteiger partial charge in [0.25, 0.3) is 0 Å². The fraction of sp³-hybridized carbons (Fsp3) is 0.286. The quantitative estimate of drug-likeness (QED) is 0.844. The maximum absolute atomic E-state index is 6.21. The number of rotatable bonds is 3. The lowest BCUT2D eigenvalue weighted by Crippen LogP contribution is -2.26. The van der Waals surface area contributed by atoms with Crippen molar-refractivity contribution in [2.24, 2.45) is 0 Å². The highest BCUT2D eigenvalue weighted by molar-refractivity contribution is 6.30. The molecule has 1 aromatic carbocycles. The summed E-state index contributed by atoms with van der Waals surface area (Å²) >= 11 is 6.21. The topological polar surface area (TPSA) is 49.8 Å². The normalized spacial score (nSPS) is 13.9. The fourth-order valence-electron chi connectivity index (χ4n) is 2.17. The van der Waals surface area contributed by atoms with E-state index in [2.05, 4.69) is 32.7 Å². The van der Waals surface area contributed by atoms with Crippen LogP contribution in [0, 0.1) is 0 Å². The van der Waals surface area contributed by atoms with E-state index in [1.54, 1.807) is 0 Å². The van der Waals surface area contributed by atoms with Crippen molar-refractivity contribution < 1.29 is 0 Å². The molecule has 2 aromatic rings. The predicted octanol–water partition coefficient (Wildman–Crippen LogP) is 2.39. The number of nitrogens with zero attached hydrogens (tertiary/aromatic N) is 2. The average Bonchev–Trinajstić information content (AvgIpc) is 2.46. The molecule has 0 saturated carbocycles. The van der Waals surface area contributed by atoms with Gasteiger partial charge in [-0.15, -0.1) is 0 Å². The molecule has 2 heterocycles. The maximum atomic E-state index is 6.21. The van der Waals surface area contributed by atoms with Crippen LogP contribution < -0.4 is 10.6 Å². The zero-order valence-corrected chi connectivity index (χ0v) is 11.2. The average molecular weight is 275 g/mol. The van der Waals surface area contributed by atoms with Crippen LogP contribution in [0.4, 0.5) is 5.95 Å². The van der Waals surface area contributed by atoms with Gasteiger partial charge in [0.2, 0.25) is 5.95 Å². The Kier molecular flexibility index (Phi) is 3.62. The van der Waals surface area contributed by atoms with E-state index in [-0.39, 0.29) is 0 Å². The van der Waals surface area contributed by atoms with Gasteiger partial charge in [0.1, 0.15) is 5.15 Å². The Balaban J connectivity index is 1.76. The number of aromatic nitrogens is 2. The molecule has 4 nitrogen and oxygen atoms in total. The van der Waals surface area contributed by atoms with Gasteiger partial charge in [0, 0.05) is 18.7 Å². The zero-order chi connectivity index (χ0) is 13.1. The third-order valence-corrected chi connectivity index (χ3v) is 3.49. The Labute approximate surface area is 117 Å². The van der Waals surface area contributed by atoms with Crippen LogP contribution in [0.25, 0.3) is 0 Å². The SMILES string of the molecule is Clc1nc(NCc2ccccc2)nc2c1CCNC2. The number of hydrogen-bond acceptors (Lipinski definition) is 4. The summed E-state index contributed by atoms with van der Waals surface area (Å²) in [6, 6.07) is 10.2. The van der Waals surface area contributed by atoms with Crippen molar-refractivity contribution >= 4 is 17.5 Å². The molecule has 0 amide bonds. The highest BCUT2D eigenvalue weighted by atomic mass is 35.5. The second-order valence-electron chi connectivity index (χ2n) is 4.53. The van der Waals surface area contributed by atoms with Gasteiger partial charge < -0.3 is 10.6 Å². The number of benzene rings is 1. The summed E-state index contributed by atoms with van der Waals surface area (Å²) in [5.41, 5.74) is 3.27. The first-order chi connectivity index (χ1) is 9.33. The molecule has 0 unspecified atom stereocenters. The minimum Gasteiger partial charge on any atom is -0.350 e. The molecule has 0 radical (unpaired) electrons. The van der Waals surface area contributed by atoms with E-state index in [9.17, 15) is 0 Å². The Morgan fingerprint density at radius 1 is 1.21 bits per heavy atom. The molecule has 0 saturated heterocycles. The van der Waals surface area contributed by atoms with Gasteiger partial charge in [0.15, 0.2) is 0 Å². The van der Waals surface area contributed by atoms with E-state index in [1.807, 2.05) is 18.2 Å². The summed E-state index contributed by atoms with van der Waals surface area (Å²) in [7, 11) is 0. The maximum Gasteiger partial charge on any atom is 0.224 e. The Hall–Kier alpha value is -1.65. The predicted molar refractivity (Wildman–Crippen MR) is 76.2 cm³/mol. The standard InChI is InChI=1S/C14H15ClN4/c15-13-11-6-7-16-9-12(11)18-14(19-13)17-8-10-4-2-1-3-5-10/h1-5,16H,6-9H2,(H,17,18,19). The summed E-state index contributed by atoms with van der Waals surface area (Å²) in [6.07, 6.45) is 0.896. The highest BCUT2D eigenvalue weighted by Crippen LogP contribution is 2.21. The molecule has 1 aromatic heterocycles. The first kappa shape index (κ1) is 12.4. The smallest absolute Gasteiger partial charge is 0.224 e. The number of halogens is 1. The Morgan fingerprint density at radius 2 is 2.05 bits per heavy atom. The van der Waals surface area contributed by atoms with Crippen LogP contribution in [-0.2, 0) is 19.5 Å². The van der Waals surface area contributed by atoms with E-state index < -0.39 is 0 Å². The van der Waals surface area contributed by atoms with Crippen molar-refractivity contribution in [1.29, 1.82) is 0 Å². The molecule has 19 heavy (non-hydrogen) atoms. The second kappa shape index (κ2) is 5.55. The first-order valence-corrected chi connectivity index (χ1v) is 6.74. The van der Waals surface area contributed by atoms with Gasteiger partial charge >= 0.3 is 0 Å². The third-order valence-electron chi connectivity index (χ3n) is 3.18. The molecule has 0 atom stereocenters. The lowest BCUT2D eigenvalue weighted by Gasteiger charge is -2.18. The van der Waals surface area contributed by atoms with Gasteiger partial charge in [-0.3, -0.25) is 0 Å². The molecule has 98 valence electrons. The summed E-state index contributed by atoms with van der Waals surface area (Å²) in [5, 5.41) is 7.08. The van der Waals surface area contributed by atoms with Crippen LogP contribution >= 0.6 is 11.6 Å². The first-order valence-electron chi connectivity index (χ1n) is 6.37. The highest BCUT2D eigenvalue weighted by Gasteiger charge is 2.16. The van der Waals surface area contributed by atoms with Crippen LogP contribution in [0.5, 0.6) is 0 Å². The summed E-state index contributed by atoms with van der Waals surface area (Å²) in [5.74, 6) is 0.594. The molecule has 1 aliphatic heterocycles. The largest absolute Gasteiger partial charge is 0.350 e. The summed E-state index contributed by atoms with van der Waals surface area (Å²) in [4.78, 5) is 8.84. The molecular formula is C14H15ClN4. The third kappa shape index (κ3) is 2.85. The van der Waals surface area contributed by atoms with Crippen LogP contribution in [0.1, 0.15) is 16.8 Å². The molecule has 0 bridgehead atoms. The van der Waals surface area contributed by atoms with Gasteiger partial charge in [-0.1, -0.05) is 41.9 Å². The molecule has 0 spiro atoms. The molecule has 3 rings (SSSR count). The van der Waals surface area contributed by atoms with Gasteiger partial charge in [-0.05, 0) is 18.5 Å². The van der Waals surface area contributed by atoms with Crippen LogP contribution in [-0.4, -0.2) is 16.5 Å². The van der Waals surface area contributed by atoms with Crippen molar-refractivity contribution in [2.75, 3.05) is 11.9 Å². The van der Waals surface area contributed by atoms with Gasteiger partial charge in [0.05, 0.1) is 5.69 Å². The van der Waals surface area contributed by atoms with Crippen LogP contribution in [0.2, 0.25) is 5.15 Å². The van der Waals surface area contributed by atoms with E-state index in [0.29, 0.717) is 17.6 Å². The van der Waals surface area contributed by atoms with Crippen LogP contribution in [0.15, 0.2) is 30.3 Å². The fourth-order valence-corrected chi connectivity index (χ4v) is 2.45. The molecular weight excluding hydrogens is 260 g/mol. The molecule has 0 aliphatic carbocycles. The van der Waals surface area contributed by atoms with Gasteiger partial charge in [-0.2, -0.15) is 0 Å². The number of anilines is 1. The minimum atomic E-state index is 0.571. The Morgan fingerprint density at radius 3 is 2.89 bits per heavy atom.